The molecule has 3 rings (SSSR count). The number of hydrogen-bond acceptors (Lipinski definition) is 5. The van der Waals surface area contributed by atoms with Gasteiger partial charge in [-0.3, -0.25) is 9.59 Å². The van der Waals surface area contributed by atoms with Gasteiger partial charge in [-0.25, -0.2) is 4.79 Å². The van der Waals surface area contributed by atoms with Gasteiger partial charge in [0.25, 0.3) is 5.91 Å². The summed E-state index contributed by atoms with van der Waals surface area (Å²) in [4.78, 5) is 39.2. The molecule has 1 N–H and O–H groups in total. The lowest BCUT2D eigenvalue weighted by Gasteiger charge is -2.31. The zero-order chi connectivity index (χ0) is 22.3. The minimum Gasteiger partial charge on any atom is -0.455 e. The number of fused-ring (bicyclic) bond motifs is 1. The number of furan rings is 1. The molecule has 0 saturated carbocycles. The van der Waals surface area contributed by atoms with E-state index in [1.807, 2.05) is 41.5 Å². The molecule has 0 unspecified atom stereocenters. The number of hydrogen-bond donors (Lipinski definition) is 1. The predicted octanol–water partition coefficient (Wildman–Crippen LogP) is 4.12. The molecule has 0 bridgehead atoms. The minimum absolute atomic E-state index is 0.0634. The van der Waals surface area contributed by atoms with Crippen LogP contribution in [0.4, 0.5) is 4.79 Å². The largest absolute Gasteiger partial charge is 0.455 e. The van der Waals surface area contributed by atoms with Gasteiger partial charge in [-0.1, -0.05) is 13.8 Å². The molecule has 1 saturated heterocycles. The maximum absolute atomic E-state index is 13.1. The molecule has 0 atom stereocenters. The fourth-order valence-corrected chi connectivity index (χ4v) is 4.31. The van der Waals surface area contributed by atoms with E-state index in [-0.39, 0.29) is 17.1 Å². The topological polar surface area (TPSA) is 88.8 Å². The second kappa shape index (κ2) is 8.08. The van der Waals surface area contributed by atoms with Gasteiger partial charge in [0.15, 0.2) is 11.5 Å². The van der Waals surface area contributed by atoms with Crippen LogP contribution < -0.4 is 5.32 Å². The summed E-state index contributed by atoms with van der Waals surface area (Å²) < 4.78 is 11.2. The summed E-state index contributed by atoms with van der Waals surface area (Å²) in [6.07, 6.45) is 2.33. The van der Waals surface area contributed by atoms with Crippen molar-refractivity contribution in [3.8, 4) is 0 Å². The molecule has 2 heterocycles. The Balaban J connectivity index is 1.58. The third-order valence-corrected chi connectivity index (χ3v) is 5.81. The summed E-state index contributed by atoms with van der Waals surface area (Å²) in [5, 5.41) is 2.82. The lowest BCUT2D eigenvalue weighted by Crippen LogP contribution is -2.42. The number of amides is 2. The number of ketones is 1. The summed E-state index contributed by atoms with van der Waals surface area (Å²) in [5.74, 6) is 1.17. The second-order valence-electron chi connectivity index (χ2n) is 10.4. The van der Waals surface area contributed by atoms with Crippen LogP contribution in [0.15, 0.2) is 4.42 Å². The lowest BCUT2D eigenvalue weighted by molar-refractivity contribution is 0.0497. The molecule has 1 aromatic heterocycles. The third kappa shape index (κ3) is 5.05. The van der Waals surface area contributed by atoms with Gasteiger partial charge in [0.05, 0.1) is 5.56 Å². The van der Waals surface area contributed by atoms with Gasteiger partial charge in [0.2, 0.25) is 0 Å². The van der Waals surface area contributed by atoms with E-state index in [0.717, 1.165) is 12.8 Å². The van der Waals surface area contributed by atoms with Crippen LogP contribution in [0.3, 0.4) is 0 Å². The van der Waals surface area contributed by atoms with Gasteiger partial charge in [0, 0.05) is 38.0 Å². The van der Waals surface area contributed by atoms with Crippen LogP contribution in [0, 0.1) is 18.3 Å². The van der Waals surface area contributed by atoms with Crippen LogP contribution >= 0.6 is 0 Å². The fraction of sp³-hybridized carbons (Fsp3) is 0.696. The molecule has 166 valence electrons. The molecule has 0 radical (unpaired) electrons. The molecular weight excluding hydrogens is 384 g/mol. The fourth-order valence-electron chi connectivity index (χ4n) is 4.31. The average molecular weight is 419 g/mol. The van der Waals surface area contributed by atoms with Gasteiger partial charge < -0.3 is 19.4 Å². The van der Waals surface area contributed by atoms with Gasteiger partial charge in [-0.2, -0.15) is 0 Å². The highest BCUT2D eigenvalue weighted by Gasteiger charge is 2.38. The van der Waals surface area contributed by atoms with Crippen LogP contribution in [-0.2, 0) is 11.2 Å². The van der Waals surface area contributed by atoms with Crippen molar-refractivity contribution in [1.29, 1.82) is 0 Å². The van der Waals surface area contributed by atoms with Crippen LogP contribution in [-0.4, -0.2) is 47.9 Å². The van der Waals surface area contributed by atoms with Crippen molar-refractivity contribution in [3.05, 3.63) is 22.6 Å². The average Bonchev–Trinajstić information content (AvgIpc) is 2.93. The number of carbonyl (C=O) groups is 3. The van der Waals surface area contributed by atoms with Gasteiger partial charge in [0.1, 0.15) is 11.4 Å². The van der Waals surface area contributed by atoms with E-state index in [2.05, 4.69) is 5.32 Å². The van der Waals surface area contributed by atoms with E-state index < -0.39 is 11.7 Å². The van der Waals surface area contributed by atoms with Crippen molar-refractivity contribution in [2.45, 2.75) is 72.8 Å². The Bertz CT molecular complexity index is 839. The molecular formula is C23H34N2O5. The molecule has 0 spiro atoms. The first-order valence-corrected chi connectivity index (χ1v) is 10.8. The number of nitrogens with zero attached hydrogens (tertiary/aromatic N) is 1. The summed E-state index contributed by atoms with van der Waals surface area (Å²) in [7, 11) is 0. The number of likely N-dealkylation sites (tertiary alicyclic amines) is 1. The summed E-state index contributed by atoms with van der Waals surface area (Å²) >= 11 is 0. The lowest BCUT2D eigenvalue weighted by atomic mass is 9.76. The summed E-state index contributed by atoms with van der Waals surface area (Å²) in [5.41, 5.74) is 0.614. The normalized spacial score (nSPS) is 19.4. The van der Waals surface area contributed by atoms with Crippen molar-refractivity contribution < 1.29 is 23.5 Å². The number of nitrogens with one attached hydrogen (secondary N) is 1. The van der Waals surface area contributed by atoms with E-state index in [4.69, 9.17) is 9.15 Å². The quantitative estimate of drug-likeness (QED) is 0.798. The smallest absolute Gasteiger partial charge is 0.407 e. The molecule has 30 heavy (non-hydrogen) atoms. The number of alkyl carbamates (subject to hydrolysis) is 1. The van der Waals surface area contributed by atoms with E-state index >= 15 is 0 Å². The van der Waals surface area contributed by atoms with Crippen molar-refractivity contribution in [3.63, 3.8) is 0 Å². The third-order valence-electron chi connectivity index (χ3n) is 5.81. The molecule has 2 aliphatic rings. The zero-order valence-electron chi connectivity index (χ0n) is 19.0. The minimum atomic E-state index is -0.517. The van der Waals surface area contributed by atoms with Crippen molar-refractivity contribution in [2.75, 3.05) is 19.6 Å². The Morgan fingerprint density at radius 1 is 1.20 bits per heavy atom. The van der Waals surface area contributed by atoms with Gasteiger partial charge >= 0.3 is 6.09 Å². The van der Waals surface area contributed by atoms with Gasteiger partial charge in [-0.15, -0.1) is 0 Å². The Morgan fingerprint density at radius 2 is 1.83 bits per heavy atom. The summed E-state index contributed by atoms with van der Waals surface area (Å²) in [6.45, 7) is 13.1. The standard InChI is InChI=1S/C23H34N2O5/c1-14-18-16(26)11-23(5,6)12-17(18)29-19(14)20(27)25-9-7-15(8-10-25)13-24-21(28)30-22(2,3)4/h15H,7-13H2,1-6H3,(H,24,28). The first-order valence-electron chi connectivity index (χ1n) is 10.8. The van der Waals surface area contributed by atoms with Crippen molar-refractivity contribution in [1.82, 2.24) is 10.2 Å². The number of carbonyl (C=O) groups excluding carboxylic acids is 3. The SMILES string of the molecule is Cc1c(C(=O)N2CCC(CNC(=O)OC(C)(C)C)CC2)oc2c1C(=O)CC(C)(C)C2. The zero-order valence-corrected chi connectivity index (χ0v) is 19.0. The van der Waals surface area contributed by atoms with E-state index in [1.54, 1.807) is 4.90 Å². The van der Waals surface area contributed by atoms with Crippen molar-refractivity contribution >= 4 is 17.8 Å². The van der Waals surface area contributed by atoms with Crippen molar-refractivity contribution in [2.24, 2.45) is 11.3 Å². The second-order valence-corrected chi connectivity index (χ2v) is 10.4. The number of piperidine rings is 1. The first kappa shape index (κ1) is 22.4. The highest BCUT2D eigenvalue weighted by Crippen LogP contribution is 2.38. The monoisotopic (exact) mass is 418 g/mol. The Hall–Kier alpha value is -2.31. The molecule has 1 aliphatic carbocycles. The molecule has 1 aromatic rings. The molecule has 7 nitrogen and oxygen atoms in total. The highest BCUT2D eigenvalue weighted by molar-refractivity contribution is 6.03. The number of rotatable bonds is 3. The summed E-state index contributed by atoms with van der Waals surface area (Å²) in [6, 6.07) is 0. The van der Waals surface area contributed by atoms with Crippen LogP contribution in [0.2, 0.25) is 0 Å². The Kier molecular flexibility index (Phi) is 6.03. The Labute approximate surface area is 178 Å². The first-order chi connectivity index (χ1) is 13.9. The van der Waals surface area contributed by atoms with E-state index in [0.29, 0.717) is 61.0 Å². The van der Waals surface area contributed by atoms with Crippen LogP contribution in [0.5, 0.6) is 0 Å². The highest BCUT2D eigenvalue weighted by atomic mass is 16.6. The molecule has 2 amide bonds. The number of ether oxygens (including phenoxy) is 1. The van der Waals surface area contributed by atoms with Crippen LogP contribution in [0.25, 0.3) is 0 Å². The van der Waals surface area contributed by atoms with E-state index in [9.17, 15) is 14.4 Å². The maximum atomic E-state index is 13.1. The van der Waals surface area contributed by atoms with E-state index in [1.165, 1.54) is 0 Å². The molecule has 1 aliphatic heterocycles. The predicted molar refractivity (Wildman–Crippen MR) is 113 cm³/mol. The van der Waals surface area contributed by atoms with Crippen LogP contribution in [0.1, 0.15) is 86.1 Å². The number of Topliss-reactive ketones (excluding diaryl/α,β-unsaturated/α-hetero) is 1. The molecule has 0 aromatic carbocycles. The van der Waals surface area contributed by atoms with Gasteiger partial charge in [-0.05, 0) is 51.9 Å². The maximum Gasteiger partial charge on any atom is 0.407 e. The molecule has 1 fully saturated rings. The Morgan fingerprint density at radius 3 is 2.43 bits per heavy atom. The molecule has 7 heteroatoms.